The van der Waals surface area contributed by atoms with Gasteiger partial charge in [-0.2, -0.15) is 4.31 Å². The highest BCUT2D eigenvalue weighted by Crippen LogP contribution is 2.40. The number of amides is 2. The van der Waals surface area contributed by atoms with E-state index in [-0.39, 0.29) is 41.8 Å². The van der Waals surface area contributed by atoms with Crippen LogP contribution in [0.5, 0.6) is 0 Å². The minimum atomic E-state index is -3.74. The minimum absolute atomic E-state index is 0.0308. The molecule has 0 radical (unpaired) electrons. The Morgan fingerprint density at radius 1 is 1.15 bits per heavy atom. The highest BCUT2D eigenvalue weighted by atomic mass is 32.2. The molecule has 33 heavy (non-hydrogen) atoms. The molecule has 1 aliphatic carbocycles. The number of fused-ring (bicyclic) bond motifs is 1. The van der Waals surface area contributed by atoms with Crippen LogP contribution in [0.1, 0.15) is 43.9 Å². The van der Waals surface area contributed by atoms with Crippen molar-refractivity contribution in [1.29, 1.82) is 0 Å². The average Bonchev–Trinajstić information content (AvgIpc) is 3.43. The molecule has 0 bridgehead atoms. The lowest BCUT2D eigenvalue weighted by atomic mass is 9.99. The number of piperidine rings is 1. The Hall–Kier alpha value is -2.65. The lowest BCUT2D eigenvalue weighted by Crippen LogP contribution is -2.45. The van der Waals surface area contributed by atoms with Gasteiger partial charge in [-0.25, -0.2) is 8.42 Å². The van der Waals surface area contributed by atoms with E-state index in [0.29, 0.717) is 31.6 Å². The number of carbonyl (C=O) groups is 2. The summed E-state index contributed by atoms with van der Waals surface area (Å²) in [6.07, 6.45) is 5.35. The summed E-state index contributed by atoms with van der Waals surface area (Å²) in [5.41, 5.74) is 1.72. The van der Waals surface area contributed by atoms with Gasteiger partial charge in [-0.1, -0.05) is 0 Å². The van der Waals surface area contributed by atoms with E-state index in [1.807, 2.05) is 11.8 Å². The Bertz CT molecular complexity index is 1160. The maximum Gasteiger partial charge on any atom is 0.243 e. The summed E-state index contributed by atoms with van der Waals surface area (Å²) in [6, 6.07) is 8.65. The fraction of sp³-hybridized carbons (Fsp3) is 0.500. The van der Waals surface area contributed by atoms with Gasteiger partial charge in [0.2, 0.25) is 21.8 Å². The first-order valence-electron chi connectivity index (χ1n) is 11.6. The third-order valence-corrected chi connectivity index (χ3v) is 8.70. The van der Waals surface area contributed by atoms with Gasteiger partial charge in [0, 0.05) is 30.7 Å². The Balaban J connectivity index is 1.29. The number of furan rings is 1. The largest absolute Gasteiger partial charge is 0.467 e. The van der Waals surface area contributed by atoms with Gasteiger partial charge >= 0.3 is 0 Å². The van der Waals surface area contributed by atoms with E-state index in [9.17, 15) is 18.0 Å². The number of hydrogen-bond acceptors (Lipinski definition) is 5. The van der Waals surface area contributed by atoms with Crippen molar-refractivity contribution in [3.8, 4) is 0 Å². The van der Waals surface area contributed by atoms with E-state index in [0.717, 1.165) is 24.1 Å². The molecule has 3 aliphatic rings. The molecule has 1 aromatic heterocycles. The zero-order chi connectivity index (χ0) is 23.2. The molecule has 176 valence electrons. The van der Waals surface area contributed by atoms with E-state index in [2.05, 4.69) is 5.32 Å². The maximum absolute atomic E-state index is 13.4. The Morgan fingerprint density at radius 3 is 2.70 bits per heavy atom. The van der Waals surface area contributed by atoms with Crippen LogP contribution >= 0.6 is 0 Å². The van der Waals surface area contributed by atoms with Crippen LogP contribution in [-0.2, 0) is 32.6 Å². The van der Waals surface area contributed by atoms with Crippen LogP contribution in [0, 0.1) is 11.8 Å². The molecule has 2 fully saturated rings. The second-order valence-electron chi connectivity index (χ2n) is 9.33. The molecule has 1 saturated carbocycles. The van der Waals surface area contributed by atoms with Crippen LogP contribution in [0.25, 0.3) is 0 Å². The van der Waals surface area contributed by atoms with Crippen molar-refractivity contribution in [3.63, 3.8) is 0 Å². The van der Waals surface area contributed by atoms with E-state index < -0.39 is 15.9 Å². The molecular formula is C24H29N3O5S. The lowest BCUT2D eigenvalue weighted by molar-refractivity contribution is -0.126. The highest BCUT2D eigenvalue weighted by Gasteiger charge is 2.40. The van der Waals surface area contributed by atoms with Crippen molar-refractivity contribution in [1.82, 2.24) is 9.62 Å². The summed E-state index contributed by atoms with van der Waals surface area (Å²) in [5, 5.41) is 2.84. The van der Waals surface area contributed by atoms with Gasteiger partial charge in [0.25, 0.3) is 0 Å². The number of sulfonamides is 1. The van der Waals surface area contributed by atoms with Gasteiger partial charge in [-0.05, 0) is 74.9 Å². The first kappa shape index (κ1) is 22.2. The Morgan fingerprint density at radius 2 is 1.97 bits per heavy atom. The molecule has 1 aromatic carbocycles. The number of carbonyl (C=O) groups excluding carboxylic acids is 2. The SMILES string of the molecule is C[C@H]1Cc2cc(S(=O)(=O)N3CCC[C@H](C(=O)NCc4ccco4)C3)ccc2N1C(=O)C1CC1. The van der Waals surface area contributed by atoms with Gasteiger partial charge in [-0.3, -0.25) is 9.59 Å². The van der Waals surface area contributed by atoms with Crippen molar-refractivity contribution in [2.45, 2.75) is 56.5 Å². The summed E-state index contributed by atoms with van der Waals surface area (Å²) in [6.45, 7) is 2.84. The normalized spacial score (nSPS) is 23.4. The lowest BCUT2D eigenvalue weighted by Gasteiger charge is -2.31. The number of hydrogen-bond donors (Lipinski definition) is 1. The van der Waals surface area contributed by atoms with Crippen molar-refractivity contribution in [3.05, 3.63) is 47.9 Å². The molecule has 2 amide bonds. The van der Waals surface area contributed by atoms with Crippen LogP contribution in [-0.4, -0.2) is 43.7 Å². The van der Waals surface area contributed by atoms with Crippen molar-refractivity contribution in [2.75, 3.05) is 18.0 Å². The van der Waals surface area contributed by atoms with Gasteiger partial charge < -0.3 is 14.6 Å². The van der Waals surface area contributed by atoms with Crippen LogP contribution in [0.2, 0.25) is 0 Å². The molecule has 3 heterocycles. The molecule has 1 saturated heterocycles. The number of nitrogens with one attached hydrogen (secondary N) is 1. The molecule has 8 nitrogen and oxygen atoms in total. The van der Waals surface area contributed by atoms with Gasteiger partial charge in [0.15, 0.2) is 0 Å². The molecule has 0 spiro atoms. The quantitative estimate of drug-likeness (QED) is 0.698. The fourth-order valence-electron chi connectivity index (χ4n) is 4.89. The molecule has 2 aromatic rings. The van der Waals surface area contributed by atoms with Crippen molar-refractivity contribution < 1.29 is 22.4 Å². The standard InChI is InChI=1S/C24H29N3O5S/c1-16-12-19-13-21(8-9-22(19)27(16)24(29)17-6-7-17)33(30,31)26-10-2-4-18(15-26)23(28)25-14-20-5-3-11-32-20/h3,5,8-9,11,13,16-18H,2,4,6-7,10,12,14-15H2,1H3,(H,25,28)/t16-,18-/m0/s1. The van der Waals surface area contributed by atoms with Crippen molar-refractivity contribution in [2.24, 2.45) is 11.8 Å². The maximum atomic E-state index is 13.4. The summed E-state index contributed by atoms with van der Waals surface area (Å²) in [7, 11) is -3.74. The molecule has 0 unspecified atom stereocenters. The minimum Gasteiger partial charge on any atom is -0.467 e. The summed E-state index contributed by atoms with van der Waals surface area (Å²) in [4.78, 5) is 27.4. The number of nitrogens with zero attached hydrogens (tertiary/aromatic N) is 2. The van der Waals surface area contributed by atoms with E-state index in [1.165, 1.54) is 4.31 Å². The van der Waals surface area contributed by atoms with E-state index in [4.69, 9.17) is 4.42 Å². The first-order chi connectivity index (χ1) is 15.8. The van der Waals surface area contributed by atoms with Gasteiger partial charge in [-0.15, -0.1) is 0 Å². The zero-order valence-electron chi connectivity index (χ0n) is 18.7. The second kappa shape index (κ2) is 8.61. The van der Waals surface area contributed by atoms with Gasteiger partial charge in [0.05, 0.1) is 23.6 Å². The molecular weight excluding hydrogens is 442 g/mol. The number of rotatable bonds is 6. The zero-order valence-corrected chi connectivity index (χ0v) is 19.5. The predicted octanol–water partition coefficient (Wildman–Crippen LogP) is 2.68. The summed E-state index contributed by atoms with van der Waals surface area (Å²) in [5.74, 6) is 0.362. The Labute approximate surface area is 194 Å². The fourth-order valence-corrected chi connectivity index (χ4v) is 6.46. The third-order valence-electron chi connectivity index (χ3n) is 6.84. The molecule has 2 atom stereocenters. The van der Waals surface area contributed by atoms with Gasteiger partial charge in [0.1, 0.15) is 5.76 Å². The third kappa shape index (κ3) is 4.31. The average molecular weight is 472 g/mol. The van der Waals surface area contributed by atoms with Crippen molar-refractivity contribution >= 4 is 27.5 Å². The van der Waals surface area contributed by atoms with Crippen LogP contribution in [0.15, 0.2) is 45.9 Å². The molecule has 9 heteroatoms. The monoisotopic (exact) mass is 471 g/mol. The first-order valence-corrected chi connectivity index (χ1v) is 13.0. The molecule has 5 rings (SSSR count). The molecule has 1 N–H and O–H groups in total. The number of benzene rings is 1. The van der Waals surface area contributed by atoms with E-state index in [1.54, 1.807) is 36.6 Å². The Kier molecular flexibility index (Phi) is 5.78. The summed E-state index contributed by atoms with van der Waals surface area (Å²) < 4.78 is 33.5. The summed E-state index contributed by atoms with van der Waals surface area (Å²) >= 11 is 0. The van der Waals surface area contributed by atoms with Crippen LogP contribution < -0.4 is 10.2 Å². The predicted molar refractivity (Wildman–Crippen MR) is 122 cm³/mol. The smallest absolute Gasteiger partial charge is 0.243 e. The molecule has 2 aliphatic heterocycles. The second-order valence-corrected chi connectivity index (χ2v) is 11.3. The van der Waals surface area contributed by atoms with E-state index >= 15 is 0 Å². The number of anilines is 1. The van der Waals surface area contributed by atoms with Crippen LogP contribution in [0.3, 0.4) is 0 Å². The topological polar surface area (TPSA) is 99.9 Å². The van der Waals surface area contributed by atoms with Crippen LogP contribution in [0.4, 0.5) is 5.69 Å². The highest BCUT2D eigenvalue weighted by molar-refractivity contribution is 7.89.